The molecule has 2 N–H and O–H groups in total. The summed E-state index contributed by atoms with van der Waals surface area (Å²) in [4.78, 5) is 11.7. The molecule has 0 saturated heterocycles. The van der Waals surface area contributed by atoms with Gasteiger partial charge in [0.2, 0.25) is 9.76 Å². The lowest BCUT2D eigenvalue weighted by atomic mass is 9.98. The van der Waals surface area contributed by atoms with E-state index in [0.29, 0.717) is 9.76 Å². The number of carbonyl (C=O) groups excluding carboxylic acids is 1. The Morgan fingerprint density at radius 2 is 1.68 bits per heavy atom. The van der Waals surface area contributed by atoms with Crippen molar-refractivity contribution in [1.29, 1.82) is 0 Å². The van der Waals surface area contributed by atoms with Crippen LogP contribution >= 0.6 is 0 Å². The molecule has 128 valence electrons. The van der Waals surface area contributed by atoms with Gasteiger partial charge in [-0.3, -0.25) is 0 Å². The van der Waals surface area contributed by atoms with Gasteiger partial charge < -0.3 is 19.6 Å². The van der Waals surface area contributed by atoms with E-state index in [-0.39, 0.29) is 18.2 Å². The number of nitrogens with one attached hydrogen (secondary N) is 1. The number of aliphatic hydroxyl groups is 1. The number of aliphatic hydroxyl groups excluding tert-OH is 1. The average molecular weight is 330 g/mol. The molecular formula is C16H31NO4Si. The van der Waals surface area contributed by atoms with Crippen LogP contribution in [0, 0.1) is 0 Å². The van der Waals surface area contributed by atoms with Crippen molar-refractivity contribution < 1.29 is 19.1 Å². The Morgan fingerprint density at radius 3 is 2.09 bits per heavy atom. The highest BCUT2D eigenvalue weighted by Crippen LogP contribution is 2.27. The maximum absolute atomic E-state index is 11.7. The fourth-order valence-corrected chi connectivity index (χ4v) is 2.16. The summed E-state index contributed by atoms with van der Waals surface area (Å²) >= 11 is 0. The van der Waals surface area contributed by atoms with E-state index in [0.717, 1.165) is 5.57 Å². The van der Waals surface area contributed by atoms with Gasteiger partial charge in [-0.15, -0.1) is 0 Å². The molecule has 2 radical (unpaired) electrons. The lowest BCUT2D eigenvalue weighted by Crippen LogP contribution is -2.39. The second-order valence-corrected chi connectivity index (χ2v) is 9.64. The second kappa shape index (κ2) is 8.13. The molecule has 0 unspecified atom stereocenters. The fraction of sp³-hybridized carbons (Fsp3) is 0.812. The van der Waals surface area contributed by atoms with Crippen LogP contribution in [0.1, 0.15) is 55.4 Å². The van der Waals surface area contributed by atoms with Crippen LogP contribution in [-0.4, -0.2) is 45.3 Å². The molecule has 0 saturated carbocycles. The first kappa shape index (κ1) is 21.1. The van der Waals surface area contributed by atoms with Gasteiger partial charge in [0.25, 0.3) is 0 Å². The monoisotopic (exact) mass is 329 g/mol. The number of hydrogen-bond donors (Lipinski definition) is 2. The zero-order chi connectivity index (χ0) is 17.6. The molecule has 0 rings (SSSR count). The molecule has 0 aliphatic heterocycles. The zero-order valence-corrected chi connectivity index (χ0v) is 16.2. The SMILES string of the molecule is CC(C)(C)OC(=O)NC/C(=C/CO)C(C)(C)O[Si]C(C)(C)C. The number of carbonyl (C=O) groups is 1. The summed E-state index contributed by atoms with van der Waals surface area (Å²) in [7, 11) is 0.314. The first-order valence-electron chi connectivity index (χ1n) is 7.49. The van der Waals surface area contributed by atoms with E-state index in [1.54, 1.807) is 6.08 Å². The lowest BCUT2D eigenvalue weighted by molar-refractivity contribution is 0.0526. The van der Waals surface area contributed by atoms with Gasteiger partial charge in [0.15, 0.2) is 0 Å². The van der Waals surface area contributed by atoms with Crippen LogP contribution in [0.3, 0.4) is 0 Å². The van der Waals surface area contributed by atoms with Gasteiger partial charge in [-0.05, 0) is 45.2 Å². The first-order valence-corrected chi connectivity index (χ1v) is 8.40. The normalized spacial score (nSPS) is 14.0. The van der Waals surface area contributed by atoms with Gasteiger partial charge >= 0.3 is 6.09 Å². The number of ether oxygens (including phenoxy) is 1. The predicted molar refractivity (Wildman–Crippen MR) is 90.0 cm³/mol. The van der Waals surface area contributed by atoms with Crippen molar-refractivity contribution in [3.05, 3.63) is 11.6 Å². The summed E-state index contributed by atoms with van der Waals surface area (Å²) in [5.41, 5.74) is -0.286. The minimum atomic E-state index is -0.566. The van der Waals surface area contributed by atoms with Crippen LogP contribution in [0.4, 0.5) is 4.79 Å². The summed E-state index contributed by atoms with van der Waals surface area (Å²) in [6, 6.07) is 0. The molecule has 0 aromatic carbocycles. The Bertz CT molecular complexity index is 392. The summed E-state index contributed by atoms with van der Waals surface area (Å²) < 4.78 is 11.2. The maximum Gasteiger partial charge on any atom is 0.407 e. The van der Waals surface area contributed by atoms with E-state index in [1.165, 1.54) is 0 Å². The molecule has 0 atom stereocenters. The minimum absolute atomic E-state index is 0.0696. The maximum atomic E-state index is 11.7. The van der Waals surface area contributed by atoms with E-state index in [2.05, 4.69) is 26.1 Å². The second-order valence-electron chi connectivity index (χ2n) is 7.73. The van der Waals surface area contributed by atoms with Gasteiger partial charge in [0, 0.05) is 6.54 Å². The molecule has 0 bridgehead atoms. The highest BCUT2D eigenvalue weighted by atomic mass is 28.2. The Balaban J connectivity index is 4.72. The van der Waals surface area contributed by atoms with Gasteiger partial charge in [0.05, 0.1) is 12.2 Å². The van der Waals surface area contributed by atoms with E-state index < -0.39 is 17.3 Å². The quantitative estimate of drug-likeness (QED) is 0.580. The fourth-order valence-electron chi connectivity index (χ4n) is 1.47. The number of alkyl carbamates (subject to hydrolysis) is 1. The van der Waals surface area contributed by atoms with Crippen molar-refractivity contribution in [2.24, 2.45) is 0 Å². The molecule has 0 spiro atoms. The summed E-state index contributed by atoms with van der Waals surface area (Å²) in [5.74, 6) is 0. The van der Waals surface area contributed by atoms with Gasteiger partial charge in [-0.1, -0.05) is 26.8 Å². The Kier molecular flexibility index (Phi) is 7.81. The summed E-state index contributed by atoms with van der Waals surface area (Å²) in [6.07, 6.45) is 1.19. The first-order chi connectivity index (χ1) is 9.77. The molecule has 6 heteroatoms. The summed E-state index contributed by atoms with van der Waals surface area (Å²) in [5, 5.41) is 12.0. The van der Waals surface area contributed by atoms with Crippen LogP contribution in [0.15, 0.2) is 11.6 Å². The van der Waals surface area contributed by atoms with Gasteiger partial charge in [-0.25, -0.2) is 4.79 Å². The predicted octanol–water partition coefficient (Wildman–Crippen LogP) is 3.06. The largest absolute Gasteiger partial charge is 0.444 e. The Hall–Kier alpha value is -0.853. The van der Waals surface area contributed by atoms with Crippen molar-refractivity contribution in [3.8, 4) is 0 Å². The highest BCUT2D eigenvalue weighted by molar-refractivity contribution is 6.31. The third kappa shape index (κ3) is 9.97. The standard InChI is InChI=1S/C16H31NO4Si/c1-14(2,3)20-13(19)17-11-12(9-10-18)16(7,8)21-22-15(4,5)6/h9,18H,10-11H2,1-8H3,(H,17,19)/b12-9-. The third-order valence-electron chi connectivity index (χ3n) is 2.55. The van der Waals surface area contributed by atoms with Crippen molar-refractivity contribution in [1.82, 2.24) is 5.32 Å². The highest BCUT2D eigenvalue weighted by Gasteiger charge is 2.28. The van der Waals surface area contributed by atoms with Crippen molar-refractivity contribution in [2.45, 2.75) is 71.6 Å². The van der Waals surface area contributed by atoms with E-state index in [4.69, 9.17) is 9.16 Å². The van der Waals surface area contributed by atoms with Crippen molar-refractivity contribution >= 4 is 15.9 Å². The van der Waals surface area contributed by atoms with Crippen LogP contribution < -0.4 is 5.32 Å². The molecular weight excluding hydrogens is 298 g/mol. The molecule has 0 fully saturated rings. The topological polar surface area (TPSA) is 67.8 Å². The molecule has 0 aliphatic rings. The number of rotatable bonds is 6. The van der Waals surface area contributed by atoms with Gasteiger partial charge in [-0.2, -0.15) is 0 Å². The molecule has 0 aromatic heterocycles. The van der Waals surface area contributed by atoms with E-state index >= 15 is 0 Å². The van der Waals surface area contributed by atoms with Crippen LogP contribution in [0.2, 0.25) is 5.04 Å². The summed E-state index contributed by atoms with van der Waals surface area (Å²) in [6.45, 7) is 15.8. The van der Waals surface area contributed by atoms with Crippen LogP contribution in [0.5, 0.6) is 0 Å². The molecule has 5 nitrogen and oxygen atoms in total. The Morgan fingerprint density at radius 1 is 1.14 bits per heavy atom. The molecule has 0 aromatic rings. The van der Waals surface area contributed by atoms with Crippen molar-refractivity contribution in [3.63, 3.8) is 0 Å². The third-order valence-corrected chi connectivity index (χ3v) is 3.77. The number of amides is 1. The van der Waals surface area contributed by atoms with Gasteiger partial charge in [0.1, 0.15) is 5.60 Å². The Labute approximate surface area is 137 Å². The molecule has 0 aliphatic carbocycles. The molecule has 0 heterocycles. The zero-order valence-electron chi connectivity index (χ0n) is 15.2. The van der Waals surface area contributed by atoms with Crippen LogP contribution in [0.25, 0.3) is 0 Å². The van der Waals surface area contributed by atoms with Crippen LogP contribution in [-0.2, 0) is 9.16 Å². The smallest absolute Gasteiger partial charge is 0.407 e. The lowest BCUT2D eigenvalue weighted by Gasteiger charge is -2.32. The van der Waals surface area contributed by atoms with E-state index in [9.17, 15) is 9.90 Å². The minimum Gasteiger partial charge on any atom is -0.444 e. The van der Waals surface area contributed by atoms with Crippen molar-refractivity contribution in [2.75, 3.05) is 13.2 Å². The average Bonchev–Trinajstić information content (AvgIpc) is 2.29. The molecule has 22 heavy (non-hydrogen) atoms. The number of hydrogen-bond acceptors (Lipinski definition) is 4. The molecule has 1 amide bonds. The van der Waals surface area contributed by atoms with E-state index in [1.807, 2.05) is 34.6 Å².